The Kier molecular flexibility index (Phi) is 2.37. The monoisotopic (exact) mass is 222 g/mol. The van der Waals surface area contributed by atoms with Crippen molar-refractivity contribution in [3.63, 3.8) is 0 Å². The van der Waals surface area contributed by atoms with E-state index in [0.717, 1.165) is 0 Å². The second kappa shape index (κ2) is 3.05. The van der Waals surface area contributed by atoms with Crippen molar-refractivity contribution < 1.29 is 26.2 Å². The van der Waals surface area contributed by atoms with E-state index in [1.54, 1.807) is 24.3 Å². The van der Waals surface area contributed by atoms with Crippen molar-refractivity contribution in [3.05, 3.63) is 24.3 Å². The molecule has 0 saturated heterocycles. The summed E-state index contributed by atoms with van der Waals surface area (Å²) in [4.78, 5) is 32.5. The minimum atomic E-state index is -3.75. The van der Waals surface area contributed by atoms with Crippen LogP contribution in [0.15, 0.2) is 24.3 Å². The summed E-state index contributed by atoms with van der Waals surface area (Å²) < 4.78 is 0. The van der Waals surface area contributed by atoms with Crippen molar-refractivity contribution in [1.29, 1.82) is 0 Å². The van der Waals surface area contributed by atoms with Crippen LogP contribution in [0.25, 0.3) is 0 Å². The van der Waals surface area contributed by atoms with E-state index < -0.39 is 11.8 Å². The van der Waals surface area contributed by atoms with Gasteiger partial charge in [0, 0.05) is 0 Å². The Hall–Kier alpha value is -0.991. The second-order valence-corrected chi connectivity index (χ2v) is 9.82. The first-order valence-electron chi connectivity index (χ1n) is 3.62. The number of carbonyl (C=O) groups excluding carboxylic acids is 3. The SMILES string of the molecule is [CH3][Mn]([CH]=O)([CH]=O)([CH]=O)[CH]1C=CC=C1. The van der Waals surface area contributed by atoms with Crippen LogP contribution in [-0.2, 0) is 26.2 Å². The molecule has 1 aliphatic rings. The fourth-order valence-electron chi connectivity index (χ4n) is 1.04. The van der Waals surface area contributed by atoms with Crippen molar-refractivity contribution in [1.82, 2.24) is 0 Å². The predicted octanol–water partition coefficient (Wildman–Crippen LogP) is 1.21. The summed E-state index contributed by atoms with van der Waals surface area (Å²) in [7, 11) is 0. The molecular weight excluding hydrogens is 211 g/mol. The molecule has 0 aromatic rings. The summed E-state index contributed by atoms with van der Waals surface area (Å²) in [6, 6.07) is 0. The zero-order chi connectivity index (χ0) is 9.97. The van der Waals surface area contributed by atoms with Crippen molar-refractivity contribution in [2.75, 3.05) is 0 Å². The zero-order valence-corrected chi connectivity index (χ0v) is 8.40. The molecule has 0 amide bonds. The molecule has 0 atom stereocenters. The fraction of sp³-hybridized carbons (Fsp3) is 0.222. The molecule has 0 unspecified atom stereocenters. The molecule has 3 nitrogen and oxygen atoms in total. The Morgan fingerprint density at radius 3 is 1.69 bits per heavy atom. The summed E-state index contributed by atoms with van der Waals surface area (Å²) in [6.45, 7) is 0. The van der Waals surface area contributed by atoms with Crippen LogP contribution in [-0.4, -0.2) is 15.6 Å². The van der Waals surface area contributed by atoms with E-state index in [1.165, 1.54) is 5.82 Å². The molecule has 1 rings (SSSR count). The molecule has 0 N–H and O–H groups in total. The zero-order valence-electron chi connectivity index (χ0n) is 7.22. The molecule has 0 spiro atoms. The molecule has 0 bridgehead atoms. The van der Waals surface area contributed by atoms with Crippen molar-refractivity contribution in [2.45, 2.75) is 10.6 Å². The number of rotatable bonds is 4. The Balaban J connectivity index is 3.25. The van der Waals surface area contributed by atoms with Crippen molar-refractivity contribution in [2.24, 2.45) is 0 Å². The predicted molar refractivity (Wildman–Crippen MR) is 48.1 cm³/mol. The van der Waals surface area contributed by atoms with Gasteiger partial charge in [-0.1, -0.05) is 0 Å². The van der Waals surface area contributed by atoms with Crippen LogP contribution < -0.4 is 0 Å². The van der Waals surface area contributed by atoms with Gasteiger partial charge in [0.15, 0.2) is 0 Å². The van der Waals surface area contributed by atoms with Crippen LogP contribution in [0.3, 0.4) is 0 Å². The van der Waals surface area contributed by atoms with Gasteiger partial charge in [-0.25, -0.2) is 0 Å². The standard InChI is InChI=1S/C5H5.3CHO.CH3.Mn/c1-2-4-5-3-1;3*1-2;;/h1-5H;3*1H;1H3;. The van der Waals surface area contributed by atoms with Crippen LogP contribution in [0.5, 0.6) is 0 Å². The summed E-state index contributed by atoms with van der Waals surface area (Å²) >= 11 is -3.75. The Bertz CT molecular complexity index is 280. The third kappa shape index (κ3) is 1.32. The van der Waals surface area contributed by atoms with E-state index in [-0.39, 0.29) is 4.82 Å². The molecule has 0 radical (unpaired) electrons. The number of hydrogen-bond donors (Lipinski definition) is 0. The topological polar surface area (TPSA) is 51.2 Å². The number of carbonyl (C=O) groups is 3. The van der Waals surface area contributed by atoms with Gasteiger partial charge >= 0.3 is 76.7 Å². The summed E-state index contributed by atoms with van der Waals surface area (Å²) in [6.07, 6.45) is 6.95. The molecule has 0 heterocycles. The van der Waals surface area contributed by atoms with Crippen LogP contribution in [0.4, 0.5) is 0 Å². The van der Waals surface area contributed by atoms with Gasteiger partial charge in [0.1, 0.15) is 0 Å². The molecule has 72 valence electrons. The maximum atomic E-state index is 10.9. The average molecular weight is 222 g/mol. The van der Waals surface area contributed by atoms with Crippen LogP contribution in [0.2, 0.25) is 10.6 Å². The van der Waals surface area contributed by atoms with E-state index in [1.807, 2.05) is 0 Å². The van der Waals surface area contributed by atoms with Gasteiger partial charge in [0.05, 0.1) is 0 Å². The van der Waals surface area contributed by atoms with Gasteiger partial charge in [-0.15, -0.1) is 0 Å². The molecular formula is C9H11MnO3. The number of allylic oxidation sites excluding steroid dienone is 4. The van der Waals surface area contributed by atoms with E-state index >= 15 is 0 Å². The minimum absolute atomic E-state index is 0.311. The first-order chi connectivity index (χ1) is 6.09. The van der Waals surface area contributed by atoms with E-state index in [9.17, 15) is 14.4 Å². The normalized spacial score (nSPS) is 19.3. The van der Waals surface area contributed by atoms with Crippen molar-refractivity contribution in [3.8, 4) is 0 Å². The third-order valence-corrected chi connectivity index (χ3v) is 7.00. The van der Waals surface area contributed by atoms with E-state index in [0.29, 0.717) is 15.6 Å². The molecule has 0 fully saturated rings. The Morgan fingerprint density at radius 2 is 1.38 bits per heavy atom. The second-order valence-electron chi connectivity index (χ2n) is 3.11. The van der Waals surface area contributed by atoms with Gasteiger partial charge < -0.3 is 0 Å². The van der Waals surface area contributed by atoms with Gasteiger partial charge in [0.2, 0.25) is 0 Å². The molecule has 0 saturated carbocycles. The molecule has 0 aliphatic heterocycles. The van der Waals surface area contributed by atoms with Gasteiger partial charge in [0.25, 0.3) is 0 Å². The van der Waals surface area contributed by atoms with Gasteiger partial charge in [-0.2, -0.15) is 0 Å². The third-order valence-electron chi connectivity index (χ3n) is 2.12. The number of hydrogen-bond acceptors (Lipinski definition) is 3. The van der Waals surface area contributed by atoms with E-state index in [2.05, 4.69) is 0 Å². The molecule has 1 aliphatic carbocycles. The first-order valence-corrected chi connectivity index (χ1v) is 7.53. The summed E-state index contributed by atoms with van der Waals surface area (Å²) in [5.74, 6) is 1.50. The van der Waals surface area contributed by atoms with Gasteiger partial charge in [-0.3, -0.25) is 0 Å². The summed E-state index contributed by atoms with van der Waals surface area (Å²) in [5.41, 5.74) is 0. The van der Waals surface area contributed by atoms with Gasteiger partial charge in [-0.05, 0) is 0 Å². The fourth-order valence-corrected chi connectivity index (χ4v) is 3.30. The Morgan fingerprint density at radius 1 is 1.00 bits per heavy atom. The van der Waals surface area contributed by atoms with Crippen LogP contribution >= 0.6 is 0 Å². The van der Waals surface area contributed by atoms with Crippen LogP contribution in [0, 0.1) is 0 Å². The molecule has 0 aromatic heterocycles. The Labute approximate surface area is 77.1 Å². The first kappa shape index (κ1) is 10.1. The molecule has 4 heteroatoms. The molecule has 13 heavy (non-hydrogen) atoms. The quantitative estimate of drug-likeness (QED) is 0.530. The van der Waals surface area contributed by atoms with Crippen LogP contribution in [0.1, 0.15) is 0 Å². The van der Waals surface area contributed by atoms with E-state index in [4.69, 9.17) is 0 Å². The maximum absolute atomic E-state index is 10.9. The van der Waals surface area contributed by atoms with Crippen molar-refractivity contribution >= 4 is 15.6 Å². The summed E-state index contributed by atoms with van der Waals surface area (Å²) in [5, 5.41) is 1.68. The molecule has 0 aromatic carbocycles. The average Bonchev–Trinajstić information content (AvgIpc) is 2.71.